The number of nitrogens with one attached hydrogen (secondary N) is 1. The number of thioether (sulfide) groups is 1. The van der Waals surface area contributed by atoms with Crippen LogP contribution < -0.4 is 16.8 Å². The van der Waals surface area contributed by atoms with Gasteiger partial charge >= 0.3 is 7.60 Å². The van der Waals surface area contributed by atoms with E-state index >= 15 is 0 Å². The molecule has 8 atom stereocenters. The molecule has 236 valence electrons. The predicted molar refractivity (Wildman–Crippen MR) is 176 cm³/mol. The van der Waals surface area contributed by atoms with Gasteiger partial charge in [0.15, 0.2) is 0 Å². The van der Waals surface area contributed by atoms with Gasteiger partial charge in [0.2, 0.25) is 0 Å². The molecule has 2 bridgehead atoms. The Labute approximate surface area is 257 Å². The zero-order chi connectivity index (χ0) is 31.4. The van der Waals surface area contributed by atoms with Crippen molar-refractivity contribution in [1.82, 2.24) is 5.32 Å². The number of hydrogen-bond acceptors (Lipinski definition) is 7. The van der Waals surface area contributed by atoms with E-state index in [1.54, 1.807) is 31.2 Å². The second-order valence-electron chi connectivity index (χ2n) is 11.6. The zero-order valence-corrected chi connectivity index (χ0v) is 28.0. The average molecular weight is 622 g/mol. The Morgan fingerprint density at radius 1 is 1.02 bits per heavy atom. The van der Waals surface area contributed by atoms with E-state index in [1.165, 1.54) is 37.7 Å². The van der Waals surface area contributed by atoms with Crippen LogP contribution in [0.4, 0.5) is 11.4 Å². The van der Waals surface area contributed by atoms with Crippen molar-refractivity contribution in [2.24, 2.45) is 23.7 Å². The normalized spacial score (nSPS) is 25.8. The Bertz CT molecular complexity index is 1120. The van der Waals surface area contributed by atoms with Crippen molar-refractivity contribution < 1.29 is 23.5 Å². The Kier molecular flexibility index (Phi) is 14.9. The molecule has 2 aromatic carbocycles. The molecule has 6 unspecified atom stereocenters. The van der Waals surface area contributed by atoms with E-state index in [0.717, 1.165) is 41.3 Å². The van der Waals surface area contributed by atoms with E-state index in [9.17, 15) is 14.3 Å². The van der Waals surface area contributed by atoms with Gasteiger partial charge in [0.25, 0.3) is 5.91 Å². The van der Waals surface area contributed by atoms with Crippen molar-refractivity contribution >= 4 is 36.6 Å². The fourth-order valence-corrected chi connectivity index (χ4v) is 8.18. The highest BCUT2D eigenvalue weighted by atomic mass is 32.2. The minimum atomic E-state index is -3.64. The molecule has 0 heterocycles. The molecule has 42 heavy (non-hydrogen) atoms. The van der Waals surface area contributed by atoms with Crippen molar-refractivity contribution in [3.05, 3.63) is 54.1 Å². The number of fused-ring (bicyclic) bond motifs is 2. The summed E-state index contributed by atoms with van der Waals surface area (Å²) >= 11 is 2.10. The monoisotopic (exact) mass is 621 g/mol. The van der Waals surface area contributed by atoms with E-state index in [-0.39, 0.29) is 12.5 Å². The number of ether oxygens (including phenoxy) is 1. The van der Waals surface area contributed by atoms with Gasteiger partial charge in [-0.05, 0) is 105 Å². The van der Waals surface area contributed by atoms with Gasteiger partial charge in [0, 0.05) is 40.9 Å². The minimum absolute atomic E-state index is 0.155. The van der Waals surface area contributed by atoms with Crippen molar-refractivity contribution in [3.8, 4) is 0 Å². The Hall–Kier alpha value is -2.03. The molecule has 10 heteroatoms. The number of amides is 1. The summed E-state index contributed by atoms with van der Waals surface area (Å²) in [6.45, 7) is 11.8. The number of methoxy groups -OCH3 is 1. The molecule has 1 amide bonds. The predicted octanol–water partition coefficient (Wildman–Crippen LogP) is 7.08. The van der Waals surface area contributed by atoms with Gasteiger partial charge in [-0.3, -0.25) is 9.36 Å². The second kappa shape index (κ2) is 17.3. The molecule has 0 aliphatic heterocycles. The molecule has 2 aromatic rings. The summed E-state index contributed by atoms with van der Waals surface area (Å²) in [4.78, 5) is 22.8. The molecule has 0 aromatic heterocycles. The van der Waals surface area contributed by atoms with Gasteiger partial charge in [-0.25, -0.2) is 0 Å². The van der Waals surface area contributed by atoms with E-state index in [2.05, 4.69) is 43.1 Å². The maximum atomic E-state index is 12.1. The van der Waals surface area contributed by atoms with Gasteiger partial charge in [-0.1, -0.05) is 27.7 Å². The van der Waals surface area contributed by atoms with Crippen LogP contribution in [0.1, 0.15) is 70.7 Å². The van der Waals surface area contributed by atoms with Crippen molar-refractivity contribution in [2.45, 2.75) is 82.6 Å². The highest BCUT2D eigenvalue weighted by Crippen LogP contribution is 2.50. The number of anilines is 2. The quantitative estimate of drug-likeness (QED) is 0.172. The summed E-state index contributed by atoms with van der Waals surface area (Å²) in [6.07, 6.45) is 5.14. The lowest BCUT2D eigenvalue weighted by Crippen LogP contribution is -2.45. The number of benzene rings is 2. The van der Waals surface area contributed by atoms with Crippen LogP contribution in [0, 0.1) is 23.7 Å². The molecule has 2 fully saturated rings. The molecule has 0 radical (unpaired) electrons. The lowest BCUT2D eigenvalue weighted by atomic mass is 9.65. The number of nitrogen functional groups attached to an aromatic ring is 2. The second-order valence-corrected chi connectivity index (χ2v) is 14.6. The standard InChI is InChI=1S/C17H25NS.C13H21N2O5P.C2H6/c1-11-7-13-9-12(2)17(14(8-11)10-13)19-16-5-3-15(18)4-6-16;1-9(20-21(3,17)18)12(8-19-2)15-13(16)10-4-6-11(14)7-5-10;1-2/h3-6,11-14,17H,7-10,18H2,1-2H3;4-7,9,12H,8,14H2,1-3H3,(H,15,16)(H,17,18);1-2H3/t;9-,12-;/m.1./s1. The molecule has 4 rings (SSSR count). The van der Waals surface area contributed by atoms with Crippen LogP contribution in [0.25, 0.3) is 0 Å². The summed E-state index contributed by atoms with van der Waals surface area (Å²) in [5.74, 6) is 3.40. The van der Waals surface area contributed by atoms with Crippen LogP contribution in [-0.2, 0) is 13.8 Å². The van der Waals surface area contributed by atoms with Crippen LogP contribution in [0.3, 0.4) is 0 Å². The number of nitrogens with two attached hydrogens (primary N) is 2. The summed E-state index contributed by atoms with van der Waals surface area (Å²) in [5, 5.41) is 3.52. The Morgan fingerprint density at radius 3 is 2.14 bits per heavy atom. The topological polar surface area (TPSA) is 137 Å². The van der Waals surface area contributed by atoms with Crippen LogP contribution >= 0.6 is 19.4 Å². The van der Waals surface area contributed by atoms with Crippen molar-refractivity contribution in [2.75, 3.05) is 31.8 Å². The molecule has 2 aliphatic carbocycles. The molecule has 0 saturated heterocycles. The first-order valence-corrected chi connectivity index (χ1v) is 17.9. The van der Waals surface area contributed by atoms with Gasteiger partial charge < -0.3 is 30.9 Å². The maximum absolute atomic E-state index is 12.1. The first-order chi connectivity index (χ1) is 19.8. The third-order valence-electron chi connectivity index (χ3n) is 7.72. The van der Waals surface area contributed by atoms with Gasteiger partial charge in [-0.2, -0.15) is 0 Å². The molecule has 8 nitrogen and oxygen atoms in total. The fourth-order valence-electron chi connectivity index (χ4n) is 6.05. The highest BCUT2D eigenvalue weighted by Gasteiger charge is 2.40. The van der Waals surface area contributed by atoms with E-state index in [1.807, 2.05) is 26.0 Å². The molecule has 0 spiro atoms. The first-order valence-electron chi connectivity index (χ1n) is 15.0. The number of carbonyl (C=O) groups is 1. The Morgan fingerprint density at radius 2 is 1.60 bits per heavy atom. The average Bonchev–Trinajstić information content (AvgIpc) is 2.92. The highest BCUT2D eigenvalue weighted by molar-refractivity contribution is 8.00. The van der Waals surface area contributed by atoms with Crippen molar-refractivity contribution in [1.29, 1.82) is 0 Å². The lowest BCUT2D eigenvalue weighted by Gasteiger charge is -2.46. The molecular weight excluding hydrogens is 569 g/mol. The number of rotatable bonds is 9. The summed E-state index contributed by atoms with van der Waals surface area (Å²) < 4.78 is 21.3. The number of carbonyl (C=O) groups excluding carboxylic acids is 1. The molecule has 2 aliphatic rings. The van der Waals surface area contributed by atoms with Crippen LogP contribution in [0.15, 0.2) is 53.4 Å². The third kappa shape index (κ3) is 11.9. The Balaban J connectivity index is 0.000000278. The SMILES string of the molecule is CC.CC1CC2CC(C)C(Sc3ccc(N)cc3)C(C1)C2.COC[C@@H](NC(=O)c1ccc(N)cc1)[C@@H](C)OP(C)(=O)O. The summed E-state index contributed by atoms with van der Waals surface area (Å²) in [5.41, 5.74) is 13.2. The fraction of sp³-hybridized carbons (Fsp3) is 0.594. The minimum Gasteiger partial charge on any atom is -0.399 e. The maximum Gasteiger partial charge on any atom is 0.325 e. The van der Waals surface area contributed by atoms with Gasteiger partial charge in [-0.15, -0.1) is 11.8 Å². The van der Waals surface area contributed by atoms with E-state index in [4.69, 9.17) is 20.7 Å². The van der Waals surface area contributed by atoms with Crippen LogP contribution in [-0.4, -0.2) is 48.6 Å². The molecular formula is C32H52N3O5PS. The lowest BCUT2D eigenvalue weighted by molar-refractivity contribution is 0.0702. The van der Waals surface area contributed by atoms with Crippen LogP contribution in [0.5, 0.6) is 0 Å². The first kappa shape index (κ1) is 36.2. The summed E-state index contributed by atoms with van der Waals surface area (Å²) in [6, 6.07) is 14.3. The van der Waals surface area contributed by atoms with E-state index in [0.29, 0.717) is 11.3 Å². The molecule has 2 saturated carbocycles. The zero-order valence-electron chi connectivity index (χ0n) is 26.3. The smallest absolute Gasteiger partial charge is 0.325 e. The number of hydrogen-bond donors (Lipinski definition) is 4. The van der Waals surface area contributed by atoms with Crippen molar-refractivity contribution in [3.63, 3.8) is 0 Å². The van der Waals surface area contributed by atoms with E-state index < -0.39 is 19.7 Å². The largest absolute Gasteiger partial charge is 0.399 e. The molecule has 6 N–H and O–H groups in total. The van der Waals surface area contributed by atoms with Crippen LogP contribution in [0.2, 0.25) is 0 Å². The van der Waals surface area contributed by atoms with Gasteiger partial charge in [0.05, 0.1) is 18.8 Å². The third-order valence-corrected chi connectivity index (χ3v) is 10.1. The van der Waals surface area contributed by atoms with Gasteiger partial charge in [0.1, 0.15) is 0 Å². The summed E-state index contributed by atoms with van der Waals surface area (Å²) in [7, 11) is -2.17.